The summed E-state index contributed by atoms with van der Waals surface area (Å²) in [6.45, 7) is 3.04. The van der Waals surface area contributed by atoms with E-state index in [1.807, 2.05) is 38.0 Å². The van der Waals surface area contributed by atoms with E-state index in [1.165, 1.54) is 61.7 Å². The van der Waals surface area contributed by atoms with Gasteiger partial charge in [0.05, 0.1) is 124 Å². The monoisotopic (exact) mass is 1780 g/mol. The molecule has 0 radical (unpaired) electrons. The lowest BCUT2D eigenvalue weighted by Gasteiger charge is -2.28. The lowest BCUT2D eigenvalue weighted by molar-refractivity contribution is 0.0938. The number of aliphatic hydroxyl groups excluding tert-OH is 4. The minimum absolute atomic E-state index is 0.0363. The number of nitrogens with one attached hydrogen (secondary N) is 6. The van der Waals surface area contributed by atoms with Gasteiger partial charge in [-0.15, -0.1) is 0 Å². The van der Waals surface area contributed by atoms with Crippen molar-refractivity contribution in [2.75, 3.05) is 140 Å². The summed E-state index contributed by atoms with van der Waals surface area (Å²) in [5, 5.41) is 54.5. The summed E-state index contributed by atoms with van der Waals surface area (Å²) in [5.74, 6) is -7.13. The number of Topliss-reactive ketones (excluding diaryl/α,β-unsaturated/α-hetero) is 16. The van der Waals surface area contributed by atoms with Crippen molar-refractivity contribution in [1.82, 2.24) is 51.5 Å². The Labute approximate surface area is 755 Å². The fourth-order valence-electron chi connectivity index (χ4n) is 16.7. The second kappa shape index (κ2) is 38.7. The first-order chi connectivity index (χ1) is 63.7. The van der Waals surface area contributed by atoms with Gasteiger partial charge in [-0.05, 0) is 46.4 Å². The molecule has 0 unspecified atom stereocenters. The number of allylic oxidation sites excluding steroid dienone is 16. The summed E-state index contributed by atoms with van der Waals surface area (Å²) in [5.41, 5.74) is 2.18. The number of ether oxygens (including phenoxy) is 1. The summed E-state index contributed by atoms with van der Waals surface area (Å²) in [6.07, 6.45) is 0. The molecule has 10 N–H and O–H groups in total. The number of fused-ring (bicyclic) bond motifs is 8. The van der Waals surface area contributed by atoms with Crippen LogP contribution in [0.2, 0.25) is 0 Å². The Kier molecular flexibility index (Phi) is 26.7. The fourth-order valence-corrected chi connectivity index (χ4v) is 16.7. The van der Waals surface area contributed by atoms with E-state index >= 15 is 0 Å². The van der Waals surface area contributed by atoms with E-state index in [0.717, 1.165) is 0 Å². The molecule has 0 atom stereocenters. The van der Waals surface area contributed by atoms with Crippen LogP contribution in [0.1, 0.15) is 166 Å². The van der Waals surface area contributed by atoms with Crippen molar-refractivity contribution in [3.8, 4) is 5.75 Å². The van der Waals surface area contributed by atoms with Crippen molar-refractivity contribution < 1.29 is 102 Å². The molecule has 8 aromatic rings. The van der Waals surface area contributed by atoms with E-state index in [4.69, 9.17) is 4.74 Å². The topological polar surface area (TPSA) is 448 Å². The predicted molar refractivity (Wildman–Crippen MR) is 480 cm³/mol. The molecule has 31 nitrogen and oxygen atoms in total. The smallest absolute Gasteiger partial charge is 0.210 e. The van der Waals surface area contributed by atoms with Crippen molar-refractivity contribution in [2.45, 2.75) is 0 Å². The molecule has 8 aliphatic carbocycles. The van der Waals surface area contributed by atoms with Gasteiger partial charge < -0.3 is 76.7 Å². The minimum atomic E-state index is -0.628. The van der Waals surface area contributed by atoms with Gasteiger partial charge in [-0.2, -0.15) is 0 Å². The third kappa shape index (κ3) is 17.0. The Morgan fingerprint density at radius 1 is 0.242 bits per heavy atom. The molecule has 132 heavy (non-hydrogen) atoms. The Morgan fingerprint density at radius 3 is 0.621 bits per heavy atom. The minimum Gasteiger partial charge on any atom is -0.497 e. The molecule has 0 amide bonds. The maximum absolute atomic E-state index is 13.9. The van der Waals surface area contributed by atoms with Gasteiger partial charge in [0.25, 0.3) is 0 Å². The fraction of sp³-hybridized carbons (Fsp3) is 0.208. The Balaban J connectivity index is 0.000000135. The predicted octanol–water partition coefficient (Wildman–Crippen LogP) is 5.88. The normalized spacial score (nSPS) is 16.6. The lowest BCUT2D eigenvalue weighted by atomic mass is 9.77. The van der Waals surface area contributed by atoms with Gasteiger partial charge >= 0.3 is 0 Å². The van der Waals surface area contributed by atoms with E-state index in [0.29, 0.717) is 69.2 Å². The number of aliphatic hydroxyl groups is 4. The van der Waals surface area contributed by atoms with Crippen molar-refractivity contribution in [1.29, 1.82) is 0 Å². The number of carbonyl (C=O) groups is 16. The number of nitrogens with zero attached hydrogens (tertiary/aromatic N) is 4. The number of benzene rings is 8. The van der Waals surface area contributed by atoms with Crippen molar-refractivity contribution in [3.05, 3.63) is 367 Å². The standard InChI is InChI=1S/C28H30N4O4.C25H22N2O7.C24H20N2O6.C24H16N2O4/c1-31(2)15-13-29-23-21(25(33)17-9-5-7-11-19(17)27(23)35)22-24(30-14-16-32(3)4)28(36)20-12-8-6-10-18(20)26(22)34;1-34-13-6-7-16-17(12-13)25(33)21(27-9-11-29)19(23(16)31)18-20(26-8-10-28)24(32)15-5-3-2-4-14(15)22(18)30;27-11-9-25-19-17(21(29)13-5-1-3-7-15(13)23(19)31)18-20(26-10-12-28)24(32)16-8-4-2-6-14(16)22(18)30;27-21-13-5-1-3-7-15(13)23(29)19(25-9-10-25)17(21)18-20(26-11-12-26)24(30)16-8-4-2-6-14(16)22(18)28/h5-12,29-30H,13-16H2,1-4H3;2-7,12,26-29H,8-11H2,1H3;1-8,25-28H,9-12H2;1-8H,9-12H2. The van der Waals surface area contributed by atoms with Crippen LogP contribution in [0.15, 0.2) is 278 Å². The SMILES string of the molecule is CN(C)CCNC1=C(C2=C(NCCN(C)C)C(=O)c3ccccc3C2=O)C(=O)c2ccccc2C1=O.COc1ccc2c(c1)C(=O)C(NCCO)=C(C1=C(NCCO)C(=O)c3ccccc3C1=O)C2=O.O=C1C(C2=C(N3CC3)C(=O)c3ccccc3C2=O)=C(N2CC2)C(=O)c2ccccc21.O=C1C(NCCO)=C(C2=C(NCCO)C(=O)c3ccccc3C2=O)C(=O)c2ccccc21. The average Bonchev–Trinajstić information content (AvgIpc) is 1.52. The highest BCUT2D eigenvalue weighted by Gasteiger charge is 2.50. The Morgan fingerprint density at radius 2 is 0.424 bits per heavy atom. The van der Waals surface area contributed by atoms with Crippen molar-refractivity contribution in [3.63, 3.8) is 0 Å². The van der Waals surface area contributed by atoms with Crippen LogP contribution in [0.5, 0.6) is 5.75 Å². The van der Waals surface area contributed by atoms with E-state index in [9.17, 15) is 97.1 Å². The molecule has 0 bridgehead atoms. The van der Waals surface area contributed by atoms with Gasteiger partial charge in [-0.3, -0.25) is 76.7 Å². The van der Waals surface area contributed by atoms with Gasteiger partial charge in [0.2, 0.25) is 46.3 Å². The van der Waals surface area contributed by atoms with Crippen molar-refractivity contribution >= 4 is 92.5 Å². The summed E-state index contributed by atoms with van der Waals surface area (Å²) in [4.78, 5) is 224. The number of rotatable bonds is 27. The highest BCUT2D eigenvalue weighted by Crippen LogP contribution is 2.45. The van der Waals surface area contributed by atoms with E-state index in [1.54, 1.807) is 143 Å². The third-order valence-corrected chi connectivity index (χ3v) is 23.1. The summed E-state index contributed by atoms with van der Waals surface area (Å²) < 4.78 is 5.17. The molecular formula is C101H88N10O21. The molecule has 2 heterocycles. The summed E-state index contributed by atoms with van der Waals surface area (Å²) >= 11 is 0. The molecule has 0 spiro atoms. The molecule has 668 valence electrons. The Bertz CT molecular complexity index is 6400. The van der Waals surface area contributed by atoms with Crippen LogP contribution < -0.4 is 36.6 Å². The van der Waals surface area contributed by atoms with Crippen LogP contribution in [0.25, 0.3) is 0 Å². The summed E-state index contributed by atoms with van der Waals surface area (Å²) in [7, 11) is 9.02. The number of methoxy groups -OCH3 is 1. The molecule has 31 heteroatoms. The van der Waals surface area contributed by atoms with Crippen LogP contribution in [0.4, 0.5) is 0 Å². The average molecular weight is 1780 g/mol. The number of ketones is 16. The zero-order chi connectivity index (χ0) is 93.8. The van der Waals surface area contributed by atoms with Gasteiger partial charge in [0.1, 0.15) is 5.75 Å². The first kappa shape index (κ1) is 91.1. The lowest BCUT2D eigenvalue weighted by Crippen LogP contribution is -2.39. The third-order valence-electron chi connectivity index (χ3n) is 23.1. The van der Waals surface area contributed by atoms with Crippen LogP contribution in [0, 0.1) is 0 Å². The van der Waals surface area contributed by atoms with Crippen LogP contribution in [-0.4, -0.2) is 273 Å². The maximum Gasteiger partial charge on any atom is 0.210 e. The van der Waals surface area contributed by atoms with E-state index in [2.05, 4.69) is 31.9 Å². The quantitative estimate of drug-likeness (QED) is 0.0269. The molecule has 10 aliphatic rings. The van der Waals surface area contributed by atoms with Gasteiger partial charge in [-0.25, -0.2) is 0 Å². The molecule has 2 fully saturated rings. The van der Waals surface area contributed by atoms with Crippen LogP contribution in [-0.2, 0) is 0 Å². The van der Waals surface area contributed by atoms with Gasteiger partial charge in [-0.1, -0.05) is 170 Å². The zero-order valence-corrected chi connectivity index (χ0v) is 72.2. The second-order valence-electron chi connectivity index (χ2n) is 32.0. The van der Waals surface area contributed by atoms with E-state index < -0.39 is 57.8 Å². The van der Waals surface area contributed by atoms with Crippen LogP contribution >= 0.6 is 0 Å². The molecule has 0 aromatic heterocycles. The van der Waals surface area contributed by atoms with Crippen molar-refractivity contribution in [2.24, 2.45) is 0 Å². The first-order valence-corrected chi connectivity index (χ1v) is 42.4. The highest BCUT2D eigenvalue weighted by atomic mass is 16.5. The zero-order valence-electron chi connectivity index (χ0n) is 72.2. The second-order valence-corrected chi connectivity index (χ2v) is 32.0. The molecule has 0 saturated carbocycles. The molecule has 2 saturated heterocycles. The maximum atomic E-state index is 13.9. The van der Waals surface area contributed by atoms with Gasteiger partial charge in [0.15, 0.2) is 46.3 Å². The largest absolute Gasteiger partial charge is 0.497 e. The molecule has 18 rings (SSSR count). The Hall–Kier alpha value is -15.6. The number of hydrogen-bond donors (Lipinski definition) is 10. The van der Waals surface area contributed by atoms with E-state index in [-0.39, 0.29) is 255 Å². The number of likely N-dealkylation sites (N-methyl/N-ethyl adjacent to an activating group) is 2. The number of carbonyl (C=O) groups excluding carboxylic acids is 16. The number of hydrogen-bond acceptors (Lipinski definition) is 31. The molecule has 2 aliphatic heterocycles. The first-order valence-electron chi connectivity index (χ1n) is 42.4. The highest BCUT2D eigenvalue weighted by molar-refractivity contribution is 6.41. The van der Waals surface area contributed by atoms with Crippen LogP contribution in [0.3, 0.4) is 0 Å². The summed E-state index contributed by atoms with van der Waals surface area (Å²) in [6, 6.07) is 49.5. The molecule has 8 aromatic carbocycles. The van der Waals surface area contributed by atoms with Gasteiger partial charge in [0, 0.05) is 168 Å². The molecular weight excluding hydrogens is 1690 g/mol.